The summed E-state index contributed by atoms with van der Waals surface area (Å²) >= 11 is 0. The first-order valence-electron chi connectivity index (χ1n) is 5.69. The van der Waals surface area contributed by atoms with E-state index >= 15 is 0 Å². The maximum atomic E-state index is 13.3. The van der Waals surface area contributed by atoms with Crippen molar-refractivity contribution in [1.82, 2.24) is 5.32 Å². The van der Waals surface area contributed by atoms with Gasteiger partial charge in [0.2, 0.25) is 5.91 Å². The first-order valence-corrected chi connectivity index (χ1v) is 5.69. The SMILES string of the molecule is CC(C)(C)[C@H](N)C(=O)NCc1cc(F)ccc1F. The molecular formula is C13H18F2N2O. The molecule has 0 aromatic heterocycles. The predicted molar refractivity (Wildman–Crippen MR) is 65.6 cm³/mol. The van der Waals surface area contributed by atoms with Crippen LogP contribution in [-0.2, 0) is 11.3 Å². The molecule has 3 nitrogen and oxygen atoms in total. The lowest BCUT2D eigenvalue weighted by Gasteiger charge is -2.25. The van der Waals surface area contributed by atoms with E-state index in [1.165, 1.54) is 0 Å². The van der Waals surface area contributed by atoms with E-state index in [2.05, 4.69) is 5.32 Å². The zero-order valence-electron chi connectivity index (χ0n) is 10.8. The van der Waals surface area contributed by atoms with Crippen LogP contribution in [0, 0.1) is 17.0 Å². The van der Waals surface area contributed by atoms with E-state index in [1.54, 1.807) is 0 Å². The Balaban J connectivity index is 2.66. The van der Waals surface area contributed by atoms with Gasteiger partial charge in [0.1, 0.15) is 11.6 Å². The lowest BCUT2D eigenvalue weighted by atomic mass is 9.87. The smallest absolute Gasteiger partial charge is 0.237 e. The van der Waals surface area contributed by atoms with E-state index in [9.17, 15) is 13.6 Å². The maximum Gasteiger partial charge on any atom is 0.237 e. The van der Waals surface area contributed by atoms with E-state index in [-0.39, 0.29) is 23.4 Å². The fourth-order valence-corrected chi connectivity index (χ4v) is 1.36. The Hall–Kier alpha value is -1.49. The number of nitrogens with one attached hydrogen (secondary N) is 1. The van der Waals surface area contributed by atoms with Crippen molar-refractivity contribution in [3.05, 3.63) is 35.4 Å². The molecule has 1 aromatic rings. The van der Waals surface area contributed by atoms with Gasteiger partial charge >= 0.3 is 0 Å². The number of nitrogens with two attached hydrogens (primary N) is 1. The van der Waals surface area contributed by atoms with Crippen LogP contribution in [0.25, 0.3) is 0 Å². The van der Waals surface area contributed by atoms with Crippen molar-refractivity contribution >= 4 is 5.91 Å². The van der Waals surface area contributed by atoms with Gasteiger partial charge in [-0.25, -0.2) is 8.78 Å². The van der Waals surface area contributed by atoms with Crippen LogP contribution in [0.15, 0.2) is 18.2 Å². The lowest BCUT2D eigenvalue weighted by Crippen LogP contribution is -2.48. The van der Waals surface area contributed by atoms with Crippen molar-refractivity contribution in [2.24, 2.45) is 11.1 Å². The van der Waals surface area contributed by atoms with Crippen molar-refractivity contribution in [3.8, 4) is 0 Å². The summed E-state index contributed by atoms with van der Waals surface area (Å²) in [5, 5.41) is 2.50. The highest BCUT2D eigenvalue weighted by Gasteiger charge is 2.27. The molecule has 0 spiro atoms. The van der Waals surface area contributed by atoms with Crippen molar-refractivity contribution in [2.75, 3.05) is 0 Å². The van der Waals surface area contributed by atoms with Crippen LogP contribution < -0.4 is 11.1 Å². The number of hydrogen-bond donors (Lipinski definition) is 2. The second-order valence-corrected chi connectivity index (χ2v) is 5.30. The van der Waals surface area contributed by atoms with Crippen molar-refractivity contribution in [1.29, 1.82) is 0 Å². The zero-order chi connectivity index (χ0) is 13.9. The summed E-state index contributed by atoms with van der Waals surface area (Å²) in [5.74, 6) is -1.48. The average molecular weight is 256 g/mol. The third-order valence-corrected chi connectivity index (χ3v) is 2.68. The minimum atomic E-state index is -0.700. The minimum absolute atomic E-state index is 0.0772. The Morgan fingerprint density at radius 2 is 2.00 bits per heavy atom. The normalized spacial score (nSPS) is 13.2. The molecule has 0 bridgehead atoms. The van der Waals surface area contributed by atoms with Crippen LogP contribution in [0.3, 0.4) is 0 Å². The number of carbonyl (C=O) groups is 1. The van der Waals surface area contributed by atoms with Crippen LogP contribution in [-0.4, -0.2) is 11.9 Å². The summed E-state index contributed by atoms with van der Waals surface area (Å²) in [6.07, 6.45) is 0. The van der Waals surface area contributed by atoms with E-state index in [4.69, 9.17) is 5.73 Å². The summed E-state index contributed by atoms with van der Waals surface area (Å²) in [6, 6.07) is 2.41. The lowest BCUT2D eigenvalue weighted by molar-refractivity contribution is -0.124. The molecule has 0 saturated carbocycles. The van der Waals surface area contributed by atoms with Gasteiger partial charge in [-0.3, -0.25) is 4.79 Å². The summed E-state index contributed by atoms with van der Waals surface area (Å²) in [7, 11) is 0. The molecule has 0 aliphatic carbocycles. The van der Waals surface area contributed by atoms with Crippen molar-refractivity contribution in [2.45, 2.75) is 33.4 Å². The molecule has 18 heavy (non-hydrogen) atoms. The Labute approximate surface area is 105 Å². The number of carbonyl (C=O) groups excluding carboxylic acids is 1. The van der Waals surface area contributed by atoms with Crippen LogP contribution in [0.1, 0.15) is 26.3 Å². The monoisotopic (exact) mass is 256 g/mol. The molecule has 1 amide bonds. The molecule has 0 aliphatic rings. The van der Waals surface area contributed by atoms with Crippen molar-refractivity contribution < 1.29 is 13.6 Å². The Kier molecular flexibility index (Phi) is 4.40. The highest BCUT2D eigenvalue weighted by molar-refractivity contribution is 5.82. The highest BCUT2D eigenvalue weighted by Crippen LogP contribution is 2.17. The molecule has 1 atom stereocenters. The molecule has 0 saturated heterocycles. The van der Waals surface area contributed by atoms with Crippen LogP contribution in [0.5, 0.6) is 0 Å². The third kappa shape index (κ3) is 3.77. The summed E-state index contributed by atoms with van der Waals surface area (Å²) < 4.78 is 26.2. The second-order valence-electron chi connectivity index (χ2n) is 5.30. The quantitative estimate of drug-likeness (QED) is 0.868. The Morgan fingerprint density at radius 1 is 1.39 bits per heavy atom. The number of amides is 1. The highest BCUT2D eigenvalue weighted by atomic mass is 19.1. The van der Waals surface area contributed by atoms with Gasteiger partial charge in [-0.15, -0.1) is 0 Å². The summed E-state index contributed by atoms with van der Waals surface area (Å²) in [5.41, 5.74) is 5.46. The van der Waals surface area contributed by atoms with Gasteiger partial charge in [0.15, 0.2) is 0 Å². The Bertz CT molecular complexity index is 441. The van der Waals surface area contributed by atoms with E-state index < -0.39 is 17.7 Å². The van der Waals surface area contributed by atoms with Gasteiger partial charge in [0.05, 0.1) is 6.04 Å². The first-order chi connectivity index (χ1) is 8.21. The molecule has 3 N–H and O–H groups in total. The molecule has 0 radical (unpaired) electrons. The fourth-order valence-electron chi connectivity index (χ4n) is 1.36. The maximum absolute atomic E-state index is 13.3. The van der Waals surface area contributed by atoms with Gasteiger partial charge in [-0.05, 0) is 23.6 Å². The fraction of sp³-hybridized carbons (Fsp3) is 0.462. The van der Waals surface area contributed by atoms with Gasteiger partial charge in [0, 0.05) is 12.1 Å². The zero-order valence-corrected chi connectivity index (χ0v) is 10.8. The number of rotatable bonds is 3. The van der Waals surface area contributed by atoms with E-state index in [0.29, 0.717) is 0 Å². The average Bonchev–Trinajstić information content (AvgIpc) is 2.27. The molecule has 0 aliphatic heterocycles. The molecule has 1 rings (SSSR count). The molecule has 5 heteroatoms. The third-order valence-electron chi connectivity index (χ3n) is 2.68. The second kappa shape index (κ2) is 5.44. The van der Waals surface area contributed by atoms with E-state index in [0.717, 1.165) is 18.2 Å². The number of benzene rings is 1. The molecular weight excluding hydrogens is 238 g/mol. The summed E-state index contributed by atoms with van der Waals surface area (Å²) in [4.78, 5) is 11.7. The number of halogens is 2. The topological polar surface area (TPSA) is 55.1 Å². The van der Waals surface area contributed by atoms with Crippen LogP contribution in [0.2, 0.25) is 0 Å². The van der Waals surface area contributed by atoms with Gasteiger partial charge < -0.3 is 11.1 Å². The summed E-state index contributed by atoms with van der Waals surface area (Å²) in [6.45, 7) is 5.42. The standard InChI is InChI=1S/C13H18F2N2O/c1-13(2,3)11(16)12(18)17-7-8-6-9(14)4-5-10(8)15/h4-6,11H,7,16H2,1-3H3,(H,17,18)/t11-/m1/s1. The van der Waals surface area contributed by atoms with Crippen molar-refractivity contribution in [3.63, 3.8) is 0 Å². The minimum Gasteiger partial charge on any atom is -0.351 e. The Morgan fingerprint density at radius 3 is 2.56 bits per heavy atom. The molecule has 0 unspecified atom stereocenters. The van der Waals surface area contributed by atoms with Crippen LogP contribution in [0.4, 0.5) is 8.78 Å². The predicted octanol–water partition coefficient (Wildman–Crippen LogP) is 1.95. The first kappa shape index (κ1) is 14.6. The number of hydrogen-bond acceptors (Lipinski definition) is 2. The molecule has 100 valence electrons. The van der Waals surface area contributed by atoms with Crippen LogP contribution >= 0.6 is 0 Å². The molecule has 0 fully saturated rings. The van der Waals surface area contributed by atoms with Gasteiger partial charge in [-0.1, -0.05) is 20.8 Å². The van der Waals surface area contributed by atoms with Gasteiger partial charge in [0.25, 0.3) is 0 Å². The van der Waals surface area contributed by atoms with E-state index in [1.807, 2.05) is 20.8 Å². The molecule has 1 aromatic carbocycles. The largest absolute Gasteiger partial charge is 0.351 e. The molecule has 0 heterocycles. The van der Waals surface area contributed by atoms with Gasteiger partial charge in [-0.2, -0.15) is 0 Å².